The predicted octanol–water partition coefficient (Wildman–Crippen LogP) is 3.39. The highest BCUT2D eigenvalue weighted by Gasteiger charge is 2.22. The van der Waals surface area contributed by atoms with E-state index in [4.69, 9.17) is 0 Å². The first-order valence-electron chi connectivity index (χ1n) is 7.85. The molecule has 2 N–H and O–H groups in total. The van der Waals surface area contributed by atoms with Gasteiger partial charge in [-0.15, -0.1) is 11.3 Å². The number of rotatable bonds is 7. The minimum atomic E-state index is -0.802. The van der Waals surface area contributed by atoms with Crippen LogP contribution in [-0.2, 0) is 11.2 Å². The Hall–Kier alpha value is -2.87. The summed E-state index contributed by atoms with van der Waals surface area (Å²) in [6.45, 7) is 1.87. The Morgan fingerprint density at radius 1 is 1.20 bits per heavy atom. The van der Waals surface area contributed by atoms with Gasteiger partial charge in [0.15, 0.2) is 5.13 Å². The van der Waals surface area contributed by atoms with Crippen LogP contribution in [0, 0.1) is 5.92 Å². The number of pyridine rings is 1. The van der Waals surface area contributed by atoms with E-state index in [-0.39, 0.29) is 0 Å². The summed E-state index contributed by atoms with van der Waals surface area (Å²) in [6.07, 6.45) is 5.94. The molecule has 0 spiro atoms. The summed E-state index contributed by atoms with van der Waals surface area (Å²) >= 11 is 1.40. The quantitative estimate of drug-likeness (QED) is 0.670. The van der Waals surface area contributed by atoms with E-state index in [1.165, 1.54) is 11.3 Å². The lowest BCUT2D eigenvalue weighted by Gasteiger charge is -2.08. The van der Waals surface area contributed by atoms with Crippen LogP contribution in [0.4, 0.5) is 11.1 Å². The molecular weight excluding hydrogens is 338 g/mol. The van der Waals surface area contributed by atoms with Gasteiger partial charge in [-0.1, -0.05) is 13.0 Å². The number of thiazole rings is 1. The van der Waals surface area contributed by atoms with E-state index in [1.807, 2.05) is 25.1 Å². The van der Waals surface area contributed by atoms with E-state index in [0.717, 1.165) is 10.6 Å². The van der Waals surface area contributed by atoms with Crippen molar-refractivity contribution in [3.63, 3.8) is 0 Å². The lowest BCUT2D eigenvalue weighted by Crippen LogP contribution is -2.15. The van der Waals surface area contributed by atoms with Crippen LogP contribution in [0.1, 0.15) is 18.2 Å². The first-order valence-corrected chi connectivity index (χ1v) is 8.67. The number of hydrogen-bond acceptors (Lipinski definition) is 7. The molecule has 1 unspecified atom stereocenters. The molecule has 0 saturated heterocycles. The fourth-order valence-electron chi connectivity index (χ4n) is 2.34. The minimum Gasteiger partial charge on any atom is -0.481 e. The summed E-state index contributed by atoms with van der Waals surface area (Å²) in [7, 11) is 0. The van der Waals surface area contributed by atoms with Crippen molar-refractivity contribution in [2.45, 2.75) is 19.8 Å². The largest absolute Gasteiger partial charge is 0.481 e. The van der Waals surface area contributed by atoms with Gasteiger partial charge in [0.25, 0.3) is 0 Å². The van der Waals surface area contributed by atoms with Crippen LogP contribution in [0.15, 0.2) is 42.9 Å². The summed E-state index contributed by atoms with van der Waals surface area (Å²) < 4.78 is 0. The second kappa shape index (κ2) is 7.80. The zero-order valence-corrected chi connectivity index (χ0v) is 14.4. The summed E-state index contributed by atoms with van der Waals surface area (Å²) in [6, 6.07) is 7.31. The number of aromatic nitrogens is 4. The molecule has 0 bridgehead atoms. The van der Waals surface area contributed by atoms with Crippen LogP contribution in [0.25, 0.3) is 11.4 Å². The lowest BCUT2D eigenvalue weighted by molar-refractivity contribution is -0.141. The van der Waals surface area contributed by atoms with Gasteiger partial charge in [0.1, 0.15) is 5.69 Å². The molecule has 7 nitrogen and oxygen atoms in total. The zero-order chi connectivity index (χ0) is 17.6. The Bertz CT molecular complexity index is 839. The van der Waals surface area contributed by atoms with E-state index in [9.17, 15) is 9.90 Å². The van der Waals surface area contributed by atoms with Crippen molar-refractivity contribution < 1.29 is 9.90 Å². The van der Waals surface area contributed by atoms with E-state index >= 15 is 0 Å². The molecule has 0 saturated carbocycles. The van der Waals surface area contributed by atoms with Crippen molar-refractivity contribution in [3.8, 4) is 11.4 Å². The van der Waals surface area contributed by atoms with Crippen LogP contribution >= 0.6 is 11.3 Å². The fourth-order valence-corrected chi connectivity index (χ4v) is 3.38. The average Bonchev–Trinajstić information content (AvgIpc) is 3.03. The molecule has 25 heavy (non-hydrogen) atoms. The normalized spacial score (nSPS) is 11.9. The van der Waals surface area contributed by atoms with Gasteiger partial charge in [0, 0.05) is 23.5 Å². The van der Waals surface area contributed by atoms with Crippen molar-refractivity contribution in [1.82, 2.24) is 19.9 Å². The maximum Gasteiger partial charge on any atom is 0.306 e. The number of anilines is 2. The molecule has 0 radical (unpaired) electrons. The third-order valence-electron chi connectivity index (χ3n) is 3.66. The van der Waals surface area contributed by atoms with Gasteiger partial charge < -0.3 is 10.4 Å². The number of aliphatic carboxylic acids is 1. The second-order valence-electron chi connectivity index (χ2n) is 5.35. The first-order chi connectivity index (χ1) is 12.2. The third kappa shape index (κ3) is 4.16. The molecule has 8 heteroatoms. The van der Waals surface area contributed by atoms with Crippen molar-refractivity contribution in [2.24, 2.45) is 5.92 Å². The van der Waals surface area contributed by atoms with E-state index < -0.39 is 11.9 Å². The Kier molecular flexibility index (Phi) is 5.30. The van der Waals surface area contributed by atoms with Gasteiger partial charge in [0.2, 0.25) is 5.95 Å². The standard InChI is InChI=1S/C17H17N5O2S/c1-2-11(15(23)24)10-13-14(12-6-3-4-7-18-12)21-17(25-13)22-16-19-8-5-9-20-16/h3-9,11H,2,10H2,1H3,(H,23,24)(H,19,20,21,22). The summed E-state index contributed by atoms with van der Waals surface area (Å²) in [5.41, 5.74) is 1.42. The maximum atomic E-state index is 11.4. The van der Waals surface area contributed by atoms with E-state index in [0.29, 0.717) is 29.6 Å². The Labute approximate surface area is 148 Å². The van der Waals surface area contributed by atoms with E-state index in [1.54, 1.807) is 24.7 Å². The molecule has 3 aromatic heterocycles. The molecular formula is C17H17N5O2S. The predicted molar refractivity (Wildman–Crippen MR) is 95.8 cm³/mol. The number of carbonyl (C=O) groups is 1. The molecule has 0 amide bonds. The molecule has 3 rings (SSSR count). The van der Waals surface area contributed by atoms with Gasteiger partial charge >= 0.3 is 5.97 Å². The summed E-state index contributed by atoms with van der Waals surface area (Å²) in [4.78, 5) is 29.5. The van der Waals surface area contributed by atoms with Crippen molar-refractivity contribution >= 4 is 28.4 Å². The molecule has 3 aromatic rings. The lowest BCUT2D eigenvalue weighted by atomic mass is 10.0. The van der Waals surface area contributed by atoms with Crippen LogP contribution in [-0.4, -0.2) is 31.0 Å². The van der Waals surface area contributed by atoms with Crippen LogP contribution in [0.3, 0.4) is 0 Å². The first kappa shape index (κ1) is 17.0. The summed E-state index contributed by atoms with van der Waals surface area (Å²) in [5, 5.41) is 13.0. The maximum absolute atomic E-state index is 11.4. The SMILES string of the molecule is CCC(Cc1sc(Nc2ncccn2)nc1-c1ccccn1)C(=O)O. The average molecular weight is 355 g/mol. The van der Waals surface area contributed by atoms with Gasteiger partial charge in [0.05, 0.1) is 11.6 Å². The Morgan fingerprint density at radius 3 is 2.60 bits per heavy atom. The fraction of sp³-hybridized carbons (Fsp3) is 0.235. The third-order valence-corrected chi connectivity index (χ3v) is 4.66. The topological polar surface area (TPSA) is 101 Å². The molecule has 0 aromatic carbocycles. The number of nitrogens with zero attached hydrogens (tertiary/aromatic N) is 4. The van der Waals surface area contributed by atoms with Crippen LogP contribution < -0.4 is 5.32 Å². The van der Waals surface area contributed by atoms with Crippen LogP contribution in [0.5, 0.6) is 0 Å². The van der Waals surface area contributed by atoms with Crippen molar-refractivity contribution in [3.05, 3.63) is 47.7 Å². The second-order valence-corrected chi connectivity index (χ2v) is 6.43. The highest BCUT2D eigenvalue weighted by atomic mass is 32.1. The minimum absolute atomic E-state index is 0.409. The smallest absolute Gasteiger partial charge is 0.306 e. The zero-order valence-electron chi connectivity index (χ0n) is 13.6. The highest BCUT2D eigenvalue weighted by Crippen LogP contribution is 2.33. The van der Waals surface area contributed by atoms with E-state index in [2.05, 4.69) is 25.3 Å². The highest BCUT2D eigenvalue weighted by molar-refractivity contribution is 7.16. The Balaban J connectivity index is 1.95. The molecule has 0 aliphatic heterocycles. The number of carboxylic acid groups (broad SMARTS) is 1. The number of nitrogens with one attached hydrogen (secondary N) is 1. The van der Waals surface area contributed by atoms with Gasteiger partial charge in [-0.2, -0.15) is 0 Å². The van der Waals surface area contributed by atoms with Gasteiger partial charge in [-0.25, -0.2) is 15.0 Å². The number of carboxylic acids is 1. The number of hydrogen-bond donors (Lipinski definition) is 2. The molecule has 0 fully saturated rings. The molecule has 0 aliphatic rings. The molecule has 1 atom stereocenters. The summed E-state index contributed by atoms with van der Waals surface area (Å²) in [5.74, 6) is -0.812. The van der Waals surface area contributed by atoms with Gasteiger partial charge in [-0.3, -0.25) is 9.78 Å². The van der Waals surface area contributed by atoms with Gasteiger partial charge in [-0.05, 0) is 31.0 Å². The molecule has 0 aliphatic carbocycles. The van der Waals surface area contributed by atoms with Crippen LogP contribution in [0.2, 0.25) is 0 Å². The molecule has 3 heterocycles. The Morgan fingerprint density at radius 2 is 1.96 bits per heavy atom. The van der Waals surface area contributed by atoms with Crippen molar-refractivity contribution in [2.75, 3.05) is 5.32 Å². The molecule has 128 valence electrons. The van der Waals surface area contributed by atoms with Crippen molar-refractivity contribution in [1.29, 1.82) is 0 Å². The monoisotopic (exact) mass is 355 g/mol.